The van der Waals surface area contributed by atoms with Gasteiger partial charge in [0.1, 0.15) is 6.61 Å². The summed E-state index contributed by atoms with van der Waals surface area (Å²) in [7, 11) is 1.66. The summed E-state index contributed by atoms with van der Waals surface area (Å²) in [4.78, 5) is 2.35. The molecule has 1 aromatic rings. The fourth-order valence-corrected chi connectivity index (χ4v) is 3.02. The summed E-state index contributed by atoms with van der Waals surface area (Å²) in [5.41, 5.74) is 0. The van der Waals surface area contributed by atoms with Crippen molar-refractivity contribution in [3.05, 3.63) is 24.3 Å². The molecule has 0 atom stereocenters. The summed E-state index contributed by atoms with van der Waals surface area (Å²) >= 11 is 0. The minimum Gasteiger partial charge on any atom is -0.493 e. The first-order valence-electron chi connectivity index (χ1n) is 7.57. The van der Waals surface area contributed by atoms with E-state index in [1.807, 2.05) is 24.3 Å². The second-order valence-corrected chi connectivity index (χ2v) is 5.49. The second-order valence-electron chi connectivity index (χ2n) is 5.49. The van der Waals surface area contributed by atoms with E-state index in [0.717, 1.165) is 44.0 Å². The van der Waals surface area contributed by atoms with Crippen LogP contribution in [-0.4, -0.2) is 57.3 Å². The molecule has 1 spiro atoms. The summed E-state index contributed by atoms with van der Waals surface area (Å²) in [6.45, 7) is 4.84. The first-order valence-corrected chi connectivity index (χ1v) is 7.57. The molecule has 0 aromatic heterocycles. The average molecular weight is 293 g/mol. The molecule has 2 aliphatic rings. The standard InChI is InChI=1S/C16H23NO4/c1-18-14-5-2-3-6-15(14)19-10-9-17-8-4-7-16(13-17)20-11-12-21-16/h2-3,5-6H,4,7-13H2,1H3. The molecule has 0 saturated carbocycles. The molecule has 0 N–H and O–H groups in total. The molecule has 3 rings (SSSR count). The number of hydrogen-bond donors (Lipinski definition) is 0. The van der Waals surface area contributed by atoms with E-state index in [4.69, 9.17) is 18.9 Å². The van der Waals surface area contributed by atoms with Crippen molar-refractivity contribution in [2.45, 2.75) is 18.6 Å². The van der Waals surface area contributed by atoms with Crippen LogP contribution in [0.2, 0.25) is 0 Å². The minimum absolute atomic E-state index is 0.358. The first kappa shape index (κ1) is 14.6. The van der Waals surface area contributed by atoms with E-state index in [1.54, 1.807) is 7.11 Å². The van der Waals surface area contributed by atoms with Crippen LogP contribution in [0.15, 0.2) is 24.3 Å². The first-order chi connectivity index (χ1) is 10.3. The van der Waals surface area contributed by atoms with Crippen molar-refractivity contribution in [2.75, 3.05) is 46.6 Å². The van der Waals surface area contributed by atoms with Crippen LogP contribution in [0, 0.1) is 0 Å². The van der Waals surface area contributed by atoms with Gasteiger partial charge in [0.2, 0.25) is 0 Å². The molecule has 2 aliphatic heterocycles. The third-order valence-corrected chi connectivity index (χ3v) is 4.04. The summed E-state index contributed by atoms with van der Waals surface area (Å²) < 4.78 is 22.7. The van der Waals surface area contributed by atoms with Gasteiger partial charge in [0.05, 0.1) is 26.9 Å². The van der Waals surface area contributed by atoms with Gasteiger partial charge in [-0.05, 0) is 25.1 Å². The maximum absolute atomic E-state index is 5.83. The molecule has 2 saturated heterocycles. The quantitative estimate of drug-likeness (QED) is 0.829. The third kappa shape index (κ3) is 3.48. The summed E-state index contributed by atoms with van der Waals surface area (Å²) in [6, 6.07) is 7.73. The fraction of sp³-hybridized carbons (Fsp3) is 0.625. The Kier molecular flexibility index (Phi) is 4.63. The van der Waals surface area contributed by atoms with Crippen molar-refractivity contribution in [1.29, 1.82) is 0 Å². The zero-order valence-electron chi connectivity index (χ0n) is 12.5. The van der Waals surface area contributed by atoms with Crippen LogP contribution in [0.4, 0.5) is 0 Å². The second kappa shape index (κ2) is 6.64. The predicted molar refractivity (Wildman–Crippen MR) is 78.8 cm³/mol. The Bertz CT molecular complexity index is 459. The largest absolute Gasteiger partial charge is 0.493 e. The Morgan fingerprint density at radius 2 is 1.95 bits per heavy atom. The number of piperidine rings is 1. The molecular formula is C16H23NO4. The normalized spacial score (nSPS) is 21.6. The monoisotopic (exact) mass is 293 g/mol. The highest BCUT2D eigenvalue weighted by Crippen LogP contribution is 2.30. The van der Waals surface area contributed by atoms with Gasteiger partial charge in [-0.1, -0.05) is 12.1 Å². The van der Waals surface area contributed by atoms with E-state index in [0.29, 0.717) is 19.8 Å². The number of benzene rings is 1. The molecule has 0 unspecified atom stereocenters. The lowest BCUT2D eigenvalue weighted by Gasteiger charge is -2.38. The molecule has 0 bridgehead atoms. The van der Waals surface area contributed by atoms with Gasteiger partial charge >= 0.3 is 0 Å². The number of likely N-dealkylation sites (tertiary alicyclic amines) is 1. The Hall–Kier alpha value is -1.30. The number of methoxy groups -OCH3 is 1. The Labute approximate surface area is 125 Å². The molecule has 21 heavy (non-hydrogen) atoms. The van der Waals surface area contributed by atoms with Crippen LogP contribution in [0.5, 0.6) is 11.5 Å². The lowest BCUT2D eigenvalue weighted by Crippen LogP contribution is -2.49. The van der Waals surface area contributed by atoms with Crippen molar-refractivity contribution in [3.63, 3.8) is 0 Å². The number of nitrogens with zero attached hydrogens (tertiary/aromatic N) is 1. The van der Waals surface area contributed by atoms with Gasteiger partial charge in [-0.25, -0.2) is 0 Å². The van der Waals surface area contributed by atoms with E-state index in [-0.39, 0.29) is 5.79 Å². The van der Waals surface area contributed by atoms with Gasteiger partial charge in [0, 0.05) is 13.0 Å². The Morgan fingerprint density at radius 3 is 2.71 bits per heavy atom. The van der Waals surface area contributed by atoms with Crippen molar-refractivity contribution in [2.24, 2.45) is 0 Å². The Balaban J connectivity index is 1.49. The van der Waals surface area contributed by atoms with Crippen molar-refractivity contribution < 1.29 is 18.9 Å². The molecular weight excluding hydrogens is 270 g/mol. The number of rotatable bonds is 5. The smallest absolute Gasteiger partial charge is 0.181 e. The summed E-state index contributed by atoms with van der Waals surface area (Å²) in [5, 5.41) is 0. The van der Waals surface area contributed by atoms with Crippen LogP contribution in [0.3, 0.4) is 0 Å². The van der Waals surface area contributed by atoms with Crippen LogP contribution in [0.25, 0.3) is 0 Å². The molecule has 0 aliphatic carbocycles. The van der Waals surface area contributed by atoms with Crippen LogP contribution in [0.1, 0.15) is 12.8 Å². The SMILES string of the molecule is COc1ccccc1OCCN1CCCC2(C1)OCCO2. The zero-order chi connectivity index (χ0) is 14.5. The molecule has 0 amide bonds. The third-order valence-electron chi connectivity index (χ3n) is 4.04. The fourth-order valence-electron chi connectivity index (χ4n) is 3.02. The number of ether oxygens (including phenoxy) is 4. The molecule has 5 nitrogen and oxygen atoms in total. The average Bonchev–Trinajstić information content (AvgIpc) is 2.95. The van der Waals surface area contributed by atoms with E-state index >= 15 is 0 Å². The van der Waals surface area contributed by atoms with Gasteiger partial charge in [-0.3, -0.25) is 4.90 Å². The zero-order valence-corrected chi connectivity index (χ0v) is 12.5. The molecule has 116 valence electrons. The van der Waals surface area contributed by atoms with E-state index in [1.165, 1.54) is 0 Å². The predicted octanol–water partition coefficient (Wildman–Crippen LogP) is 1.91. The summed E-state index contributed by atoms with van der Waals surface area (Å²) in [6.07, 6.45) is 2.10. The number of para-hydroxylation sites is 2. The lowest BCUT2D eigenvalue weighted by molar-refractivity contribution is -0.189. The maximum Gasteiger partial charge on any atom is 0.181 e. The van der Waals surface area contributed by atoms with E-state index in [9.17, 15) is 0 Å². The summed E-state index contributed by atoms with van der Waals surface area (Å²) in [5.74, 6) is 1.21. The molecule has 5 heteroatoms. The van der Waals surface area contributed by atoms with Crippen molar-refractivity contribution in [3.8, 4) is 11.5 Å². The van der Waals surface area contributed by atoms with Gasteiger partial charge in [-0.15, -0.1) is 0 Å². The van der Waals surface area contributed by atoms with E-state index in [2.05, 4.69) is 4.90 Å². The Morgan fingerprint density at radius 1 is 1.19 bits per heavy atom. The van der Waals surface area contributed by atoms with Crippen LogP contribution < -0.4 is 9.47 Å². The lowest BCUT2D eigenvalue weighted by atomic mass is 10.0. The maximum atomic E-state index is 5.83. The number of hydrogen-bond acceptors (Lipinski definition) is 5. The van der Waals surface area contributed by atoms with Gasteiger partial charge < -0.3 is 18.9 Å². The van der Waals surface area contributed by atoms with Gasteiger partial charge in [0.15, 0.2) is 17.3 Å². The van der Waals surface area contributed by atoms with Gasteiger partial charge in [-0.2, -0.15) is 0 Å². The minimum atomic E-state index is -0.358. The van der Waals surface area contributed by atoms with Crippen LogP contribution in [-0.2, 0) is 9.47 Å². The molecule has 2 fully saturated rings. The van der Waals surface area contributed by atoms with Gasteiger partial charge in [0.25, 0.3) is 0 Å². The topological polar surface area (TPSA) is 40.2 Å². The highest BCUT2D eigenvalue weighted by atomic mass is 16.7. The van der Waals surface area contributed by atoms with E-state index < -0.39 is 0 Å². The molecule has 2 heterocycles. The van der Waals surface area contributed by atoms with Crippen molar-refractivity contribution >= 4 is 0 Å². The highest BCUT2D eigenvalue weighted by molar-refractivity contribution is 5.39. The van der Waals surface area contributed by atoms with Crippen molar-refractivity contribution in [1.82, 2.24) is 4.90 Å². The highest BCUT2D eigenvalue weighted by Gasteiger charge is 2.40. The van der Waals surface area contributed by atoms with Crippen LogP contribution >= 0.6 is 0 Å². The molecule has 1 aromatic carbocycles. The molecule has 0 radical (unpaired) electrons.